The van der Waals surface area contributed by atoms with Crippen LogP contribution >= 0.6 is 0 Å². The Bertz CT molecular complexity index is 1160. The lowest BCUT2D eigenvalue weighted by Gasteiger charge is -2.15. The van der Waals surface area contributed by atoms with Crippen LogP contribution < -0.4 is 10.6 Å². The van der Waals surface area contributed by atoms with Gasteiger partial charge in [0.2, 0.25) is 0 Å². The summed E-state index contributed by atoms with van der Waals surface area (Å²) in [5.41, 5.74) is 5.56. The van der Waals surface area contributed by atoms with Crippen LogP contribution in [0.15, 0.2) is 72.8 Å². The fourth-order valence-corrected chi connectivity index (χ4v) is 4.02. The number of aliphatic carboxylic acids is 1. The SMILES string of the molecule is O=C(NCc1ccc(C(=O)N[C@H](CO)C(=O)O)cc1)OCC1c2ccccc2-c2ccccc21. The molecule has 4 N–H and O–H groups in total. The van der Waals surface area contributed by atoms with E-state index in [4.69, 9.17) is 14.9 Å². The number of fused-ring (bicyclic) bond motifs is 3. The van der Waals surface area contributed by atoms with E-state index in [1.165, 1.54) is 12.1 Å². The van der Waals surface area contributed by atoms with Crippen molar-refractivity contribution in [1.82, 2.24) is 10.6 Å². The number of ether oxygens (including phenoxy) is 1. The van der Waals surface area contributed by atoms with E-state index in [0.717, 1.165) is 27.8 Å². The number of aliphatic hydroxyl groups excluding tert-OH is 1. The minimum atomic E-state index is -1.37. The number of aliphatic hydroxyl groups is 1. The summed E-state index contributed by atoms with van der Waals surface area (Å²) in [5, 5.41) is 22.9. The van der Waals surface area contributed by atoms with Crippen molar-refractivity contribution in [2.45, 2.75) is 18.5 Å². The molecule has 0 unspecified atom stereocenters. The van der Waals surface area contributed by atoms with Gasteiger partial charge in [0.05, 0.1) is 6.61 Å². The van der Waals surface area contributed by atoms with Gasteiger partial charge in [-0.3, -0.25) is 4.79 Å². The van der Waals surface area contributed by atoms with Crippen molar-refractivity contribution < 1.29 is 29.3 Å². The van der Waals surface area contributed by atoms with E-state index in [2.05, 4.69) is 34.9 Å². The van der Waals surface area contributed by atoms with Crippen LogP contribution in [0.3, 0.4) is 0 Å². The number of hydrogen-bond acceptors (Lipinski definition) is 5. The predicted molar refractivity (Wildman–Crippen MR) is 124 cm³/mol. The van der Waals surface area contributed by atoms with Gasteiger partial charge in [0.15, 0.2) is 6.04 Å². The van der Waals surface area contributed by atoms with Gasteiger partial charge < -0.3 is 25.6 Å². The van der Waals surface area contributed by atoms with Gasteiger partial charge in [-0.15, -0.1) is 0 Å². The van der Waals surface area contributed by atoms with E-state index in [-0.39, 0.29) is 24.6 Å². The molecule has 8 heteroatoms. The van der Waals surface area contributed by atoms with Gasteiger partial charge in [0.1, 0.15) is 6.61 Å². The summed E-state index contributed by atoms with van der Waals surface area (Å²) in [6, 6.07) is 21.2. The molecule has 8 nitrogen and oxygen atoms in total. The smallest absolute Gasteiger partial charge is 0.407 e. The van der Waals surface area contributed by atoms with Crippen LogP contribution in [0, 0.1) is 0 Å². The van der Waals surface area contributed by atoms with Crippen LogP contribution in [0.1, 0.15) is 33.0 Å². The Labute approximate surface area is 196 Å². The van der Waals surface area contributed by atoms with Crippen LogP contribution in [-0.2, 0) is 16.1 Å². The molecule has 174 valence electrons. The van der Waals surface area contributed by atoms with Gasteiger partial charge >= 0.3 is 12.1 Å². The Morgan fingerprint density at radius 1 is 0.882 bits per heavy atom. The van der Waals surface area contributed by atoms with Crippen LogP contribution in [0.4, 0.5) is 4.79 Å². The Morgan fingerprint density at radius 2 is 1.47 bits per heavy atom. The number of rotatable bonds is 8. The maximum absolute atomic E-state index is 12.3. The van der Waals surface area contributed by atoms with Crippen molar-refractivity contribution in [3.63, 3.8) is 0 Å². The molecule has 34 heavy (non-hydrogen) atoms. The van der Waals surface area contributed by atoms with Gasteiger partial charge in [-0.2, -0.15) is 0 Å². The van der Waals surface area contributed by atoms with E-state index in [9.17, 15) is 14.4 Å². The fraction of sp³-hybridized carbons (Fsp3) is 0.192. The van der Waals surface area contributed by atoms with Crippen molar-refractivity contribution in [3.05, 3.63) is 95.1 Å². The molecule has 1 aliphatic rings. The number of carbonyl (C=O) groups excluding carboxylic acids is 2. The molecular formula is C26H24N2O6. The molecule has 0 saturated heterocycles. The molecule has 1 atom stereocenters. The molecule has 0 spiro atoms. The van der Waals surface area contributed by atoms with Crippen molar-refractivity contribution in [1.29, 1.82) is 0 Å². The largest absolute Gasteiger partial charge is 0.480 e. The molecule has 1 aliphatic carbocycles. The van der Waals surface area contributed by atoms with Crippen LogP contribution in [-0.4, -0.2) is 47.4 Å². The Hall–Kier alpha value is -4.17. The molecule has 0 radical (unpaired) electrons. The Balaban J connectivity index is 1.30. The van der Waals surface area contributed by atoms with Gasteiger partial charge in [-0.1, -0.05) is 60.7 Å². The first-order chi connectivity index (χ1) is 16.5. The lowest BCUT2D eigenvalue weighted by Crippen LogP contribution is -2.43. The number of benzene rings is 3. The maximum Gasteiger partial charge on any atom is 0.407 e. The average molecular weight is 460 g/mol. The molecule has 0 fully saturated rings. The summed E-state index contributed by atoms with van der Waals surface area (Å²) in [4.78, 5) is 35.4. The Kier molecular flexibility index (Phi) is 6.89. The maximum atomic E-state index is 12.3. The zero-order valence-corrected chi connectivity index (χ0v) is 18.2. The lowest BCUT2D eigenvalue weighted by atomic mass is 9.98. The third-order valence-corrected chi connectivity index (χ3v) is 5.78. The number of alkyl carbamates (subject to hydrolysis) is 1. The minimum absolute atomic E-state index is 0.0236. The summed E-state index contributed by atoms with van der Waals surface area (Å²) in [7, 11) is 0. The highest BCUT2D eigenvalue weighted by Crippen LogP contribution is 2.44. The monoisotopic (exact) mass is 460 g/mol. The van der Waals surface area contributed by atoms with Crippen LogP contribution in [0.5, 0.6) is 0 Å². The minimum Gasteiger partial charge on any atom is -0.480 e. The van der Waals surface area contributed by atoms with E-state index in [1.807, 2.05) is 24.3 Å². The molecule has 4 rings (SSSR count). The molecule has 3 aromatic rings. The number of carboxylic acid groups (broad SMARTS) is 1. The molecule has 0 saturated carbocycles. The van der Waals surface area contributed by atoms with Gasteiger partial charge in [-0.05, 0) is 39.9 Å². The highest BCUT2D eigenvalue weighted by atomic mass is 16.5. The summed E-state index contributed by atoms with van der Waals surface area (Å²) < 4.78 is 5.51. The third kappa shape index (κ3) is 4.92. The van der Waals surface area contributed by atoms with E-state index < -0.39 is 30.6 Å². The summed E-state index contributed by atoms with van der Waals surface area (Å²) in [5.74, 6) is -1.96. The summed E-state index contributed by atoms with van der Waals surface area (Å²) in [6.45, 7) is -0.287. The standard InChI is InChI=1S/C26H24N2O6/c29-14-23(25(31)32)28-24(30)17-11-9-16(10-12-17)13-27-26(33)34-15-22-20-7-3-1-5-18(20)19-6-2-4-8-21(19)22/h1-12,22-23,29H,13-15H2,(H,27,33)(H,28,30)(H,31,32)/t23-/m1/s1. The van der Waals surface area contributed by atoms with Crippen molar-refractivity contribution in [2.75, 3.05) is 13.2 Å². The lowest BCUT2D eigenvalue weighted by molar-refractivity contribution is -0.140. The number of carbonyl (C=O) groups is 3. The van der Waals surface area contributed by atoms with Gasteiger partial charge in [0, 0.05) is 18.0 Å². The quantitative estimate of drug-likeness (QED) is 0.410. The molecule has 3 aromatic carbocycles. The first kappa shape index (κ1) is 23.0. The van der Waals surface area contributed by atoms with Gasteiger partial charge in [0.25, 0.3) is 5.91 Å². The normalized spacial score (nSPS) is 12.9. The highest BCUT2D eigenvalue weighted by molar-refractivity contribution is 5.96. The fourth-order valence-electron chi connectivity index (χ4n) is 4.02. The number of amides is 2. The van der Waals surface area contributed by atoms with Crippen LogP contribution in [0.2, 0.25) is 0 Å². The van der Waals surface area contributed by atoms with Crippen molar-refractivity contribution in [2.24, 2.45) is 0 Å². The number of hydrogen-bond donors (Lipinski definition) is 4. The first-order valence-corrected chi connectivity index (χ1v) is 10.8. The molecule has 0 aromatic heterocycles. The summed E-state index contributed by atoms with van der Waals surface area (Å²) in [6.07, 6.45) is -0.545. The highest BCUT2D eigenvalue weighted by Gasteiger charge is 2.29. The zero-order valence-electron chi connectivity index (χ0n) is 18.2. The second kappa shape index (κ2) is 10.2. The molecule has 0 bridgehead atoms. The molecule has 0 heterocycles. The van der Waals surface area contributed by atoms with E-state index in [1.54, 1.807) is 12.1 Å². The van der Waals surface area contributed by atoms with Crippen LogP contribution in [0.25, 0.3) is 11.1 Å². The number of carboxylic acids is 1. The van der Waals surface area contributed by atoms with Crippen molar-refractivity contribution >= 4 is 18.0 Å². The Morgan fingerprint density at radius 3 is 2.03 bits per heavy atom. The number of nitrogens with one attached hydrogen (secondary N) is 2. The average Bonchev–Trinajstić information content (AvgIpc) is 3.18. The second-order valence-electron chi connectivity index (χ2n) is 7.92. The van der Waals surface area contributed by atoms with E-state index >= 15 is 0 Å². The molecule has 0 aliphatic heterocycles. The molecular weight excluding hydrogens is 436 g/mol. The van der Waals surface area contributed by atoms with Gasteiger partial charge in [-0.25, -0.2) is 9.59 Å². The summed E-state index contributed by atoms with van der Waals surface area (Å²) >= 11 is 0. The zero-order chi connectivity index (χ0) is 24.1. The molecule has 2 amide bonds. The van der Waals surface area contributed by atoms with E-state index in [0.29, 0.717) is 0 Å². The predicted octanol–water partition coefficient (Wildman–Crippen LogP) is 2.90. The van der Waals surface area contributed by atoms with Crippen molar-refractivity contribution in [3.8, 4) is 11.1 Å². The topological polar surface area (TPSA) is 125 Å². The third-order valence-electron chi connectivity index (χ3n) is 5.78. The first-order valence-electron chi connectivity index (χ1n) is 10.8. The second-order valence-corrected chi connectivity index (χ2v) is 7.92.